The van der Waals surface area contributed by atoms with Crippen molar-refractivity contribution in [2.45, 2.75) is 90.1 Å². The van der Waals surface area contributed by atoms with Crippen molar-refractivity contribution in [3.63, 3.8) is 0 Å². The van der Waals surface area contributed by atoms with Crippen molar-refractivity contribution in [2.75, 3.05) is 6.61 Å². The third-order valence-electron chi connectivity index (χ3n) is 3.86. The number of hydrogen-bond donors (Lipinski definition) is 1. The lowest BCUT2D eigenvalue weighted by molar-refractivity contribution is -0.146. The van der Waals surface area contributed by atoms with E-state index in [9.17, 15) is 9.90 Å². The molecule has 0 fully saturated rings. The molecule has 0 aliphatic rings. The smallest absolute Gasteiger partial charge is 0.305 e. The Morgan fingerprint density at radius 1 is 1.00 bits per heavy atom. The Morgan fingerprint density at radius 2 is 1.61 bits per heavy atom. The maximum absolute atomic E-state index is 11.4. The first-order valence-corrected chi connectivity index (χ1v) is 9.30. The third kappa shape index (κ3) is 17.1. The topological polar surface area (TPSA) is 46.5 Å². The van der Waals surface area contributed by atoms with Crippen LogP contribution in [0.3, 0.4) is 0 Å². The predicted octanol–water partition coefficient (Wildman–Crippen LogP) is 5.33. The van der Waals surface area contributed by atoms with Gasteiger partial charge in [0.1, 0.15) is 6.61 Å². The van der Waals surface area contributed by atoms with E-state index in [0.29, 0.717) is 12.8 Å². The zero-order valence-electron chi connectivity index (χ0n) is 15.0. The molecule has 0 aliphatic heterocycles. The van der Waals surface area contributed by atoms with Gasteiger partial charge < -0.3 is 9.84 Å². The summed E-state index contributed by atoms with van der Waals surface area (Å²) in [6, 6.07) is 0. The highest BCUT2D eigenvalue weighted by Gasteiger charge is 2.06. The number of carbonyl (C=O) groups excluding carboxylic acids is 1. The molecule has 0 rings (SSSR count). The quantitative estimate of drug-likeness (QED) is 0.237. The minimum atomic E-state index is -0.519. The minimum absolute atomic E-state index is 0.135. The largest absolute Gasteiger partial charge is 0.463 e. The highest BCUT2D eigenvalue weighted by molar-refractivity contribution is 5.69. The SMILES string of the molecule is C=CCCC/C=C\CCCCCCCCC(=O)OCC(O)CC. The van der Waals surface area contributed by atoms with Gasteiger partial charge in [-0.1, -0.05) is 50.8 Å². The Kier molecular flexibility index (Phi) is 16.4. The van der Waals surface area contributed by atoms with Crippen LogP contribution in [0.2, 0.25) is 0 Å². The fraction of sp³-hybridized carbons (Fsp3) is 0.750. The van der Waals surface area contributed by atoms with Crippen molar-refractivity contribution < 1.29 is 14.6 Å². The van der Waals surface area contributed by atoms with Gasteiger partial charge >= 0.3 is 5.97 Å². The molecule has 23 heavy (non-hydrogen) atoms. The molecule has 0 saturated heterocycles. The molecule has 0 aliphatic carbocycles. The van der Waals surface area contributed by atoms with Gasteiger partial charge in [-0.3, -0.25) is 4.79 Å². The molecule has 0 amide bonds. The molecule has 0 aromatic heterocycles. The summed E-state index contributed by atoms with van der Waals surface area (Å²) in [5.74, 6) is -0.181. The Morgan fingerprint density at radius 3 is 2.26 bits per heavy atom. The van der Waals surface area contributed by atoms with Crippen LogP contribution in [-0.4, -0.2) is 23.8 Å². The van der Waals surface area contributed by atoms with E-state index < -0.39 is 6.10 Å². The average molecular weight is 325 g/mol. The second-order valence-electron chi connectivity index (χ2n) is 6.10. The number of ether oxygens (including phenoxy) is 1. The molecule has 0 spiro atoms. The van der Waals surface area contributed by atoms with Crippen LogP contribution in [0.4, 0.5) is 0 Å². The number of rotatable bonds is 16. The highest BCUT2D eigenvalue weighted by atomic mass is 16.5. The van der Waals surface area contributed by atoms with Crippen molar-refractivity contribution in [3.8, 4) is 0 Å². The van der Waals surface area contributed by atoms with Gasteiger partial charge in [0.2, 0.25) is 0 Å². The van der Waals surface area contributed by atoms with Crippen LogP contribution in [0.15, 0.2) is 24.8 Å². The molecule has 3 nitrogen and oxygen atoms in total. The number of aliphatic hydroxyl groups excluding tert-OH is 1. The molecular weight excluding hydrogens is 288 g/mol. The van der Waals surface area contributed by atoms with E-state index in [4.69, 9.17) is 4.74 Å². The van der Waals surface area contributed by atoms with Gasteiger partial charge in [0.25, 0.3) is 0 Å². The summed E-state index contributed by atoms with van der Waals surface area (Å²) in [5, 5.41) is 9.31. The zero-order valence-corrected chi connectivity index (χ0v) is 15.0. The van der Waals surface area contributed by atoms with E-state index in [1.165, 1.54) is 38.5 Å². The summed E-state index contributed by atoms with van der Waals surface area (Å²) in [5.41, 5.74) is 0. The lowest BCUT2D eigenvalue weighted by atomic mass is 10.1. The molecule has 0 heterocycles. The van der Waals surface area contributed by atoms with Crippen molar-refractivity contribution in [2.24, 2.45) is 0 Å². The standard InChI is InChI=1S/C20H36O3/c1-3-5-6-7-8-9-10-11-12-13-14-15-16-17-20(22)23-18-19(21)4-2/h3,8-9,19,21H,1,4-7,10-18H2,2H3/b9-8-. The van der Waals surface area contributed by atoms with Gasteiger partial charge in [-0.25, -0.2) is 0 Å². The molecule has 3 heteroatoms. The van der Waals surface area contributed by atoms with Crippen molar-refractivity contribution in [1.29, 1.82) is 0 Å². The average Bonchev–Trinajstić information content (AvgIpc) is 2.56. The molecule has 134 valence electrons. The van der Waals surface area contributed by atoms with Gasteiger partial charge in [0.15, 0.2) is 0 Å². The number of esters is 1. The molecule has 0 aromatic carbocycles. The van der Waals surface area contributed by atoms with Gasteiger partial charge in [-0.05, 0) is 44.9 Å². The van der Waals surface area contributed by atoms with Crippen molar-refractivity contribution in [3.05, 3.63) is 24.8 Å². The van der Waals surface area contributed by atoms with Gasteiger partial charge in [0.05, 0.1) is 6.10 Å². The van der Waals surface area contributed by atoms with Gasteiger partial charge in [-0.2, -0.15) is 0 Å². The van der Waals surface area contributed by atoms with Gasteiger partial charge in [0, 0.05) is 6.42 Å². The fourth-order valence-electron chi connectivity index (χ4n) is 2.23. The van der Waals surface area contributed by atoms with Crippen LogP contribution >= 0.6 is 0 Å². The summed E-state index contributed by atoms with van der Waals surface area (Å²) in [6.45, 7) is 5.73. The second-order valence-corrected chi connectivity index (χ2v) is 6.10. The molecule has 0 saturated carbocycles. The summed E-state index contributed by atoms with van der Waals surface area (Å²) in [7, 11) is 0. The fourth-order valence-corrected chi connectivity index (χ4v) is 2.23. The summed E-state index contributed by atoms with van der Waals surface area (Å²) >= 11 is 0. The van der Waals surface area contributed by atoms with Crippen LogP contribution in [0.5, 0.6) is 0 Å². The first kappa shape index (κ1) is 21.9. The molecule has 0 bridgehead atoms. The Hall–Kier alpha value is -1.09. The van der Waals surface area contributed by atoms with E-state index in [2.05, 4.69) is 18.7 Å². The number of aliphatic hydroxyl groups is 1. The van der Waals surface area contributed by atoms with Gasteiger partial charge in [-0.15, -0.1) is 6.58 Å². The van der Waals surface area contributed by atoms with Crippen LogP contribution in [0, 0.1) is 0 Å². The molecule has 0 radical (unpaired) electrons. The maximum atomic E-state index is 11.4. The number of hydrogen-bond acceptors (Lipinski definition) is 3. The molecule has 0 aromatic rings. The number of allylic oxidation sites excluding steroid dienone is 3. The predicted molar refractivity (Wildman–Crippen MR) is 97.4 cm³/mol. The molecular formula is C20H36O3. The Labute approximate surface area is 142 Å². The summed E-state index contributed by atoms with van der Waals surface area (Å²) in [6.07, 6.45) is 18.7. The molecule has 1 N–H and O–H groups in total. The first-order chi connectivity index (χ1) is 11.2. The van der Waals surface area contributed by atoms with Crippen LogP contribution in [0.1, 0.15) is 84.0 Å². The summed E-state index contributed by atoms with van der Waals surface area (Å²) in [4.78, 5) is 11.4. The third-order valence-corrected chi connectivity index (χ3v) is 3.86. The minimum Gasteiger partial charge on any atom is -0.463 e. The lowest BCUT2D eigenvalue weighted by Crippen LogP contribution is -2.17. The lowest BCUT2D eigenvalue weighted by Gasteiger charge is -2.08. The number of carbonyl (C=O) groups is 1. The highest BCUT2D eigenvalue weighted by Crippen LogP contribution is 2.10. The zero-order chi connectivity index (χ0) is 17.2. The van der Waals surface area contributed by atoms with E-state index in [1.54, 1.807) is 0 Å². The normalized spacial score (nSPS) is 12.4. The monoisotopic (exact) mass is 324 g/mol. The Bertz CT molecular complexity index is 310. The molecule has 1 atom stereocenters. The van der Waals surface area contributed by atoms with Crippen LogP contribution < -0.4 is 0 Å². The van der Waals surface area contributed by atoms with Crippen LogP contribution in [-0.2, 0) is 9.53 Å². The second kappa shape index (κ2) is 17.3. The number of unbranched alkanes of at least 4 members (excludes halogenated alkanes) is 8. The van der Waals surface area contributed by atoms with Crippen molar-refractivity contribution in [1.82, 2.24) is 0 Å². The molecule has 1 unspecified atom stereocenters. The van der Waals surface area contributed by atoms with E-state index in [1.807, 2.05) is 13.0 Å². The van der Waals surface area contributed by atoms with E-state index in [0.717, 1.165) is 25.7 Å². The first-order valence-electron chi connectivity index (χ1n) is 9.30. The van der Waals surface area contributed by atoms with E-state index >= 15 is 0 Å². The summed E-state index contributed by atoms with van der Waals surface area (Å²) < 4.78 is 5.00. The van der Waals surface area contributed by atoms with Crippen molar-refractivity contribution >= 4 is 5.97 Å². The maximum Gasteiger partial charge on any atom is 0.305 e. The van der Waals surface area contributed by atoms with Crippen LogP contribution in [0.25, 0.3) is 0 Å². The van der Waals surface area contributed by atoms with E-state index in [-0.39, 0.29) is 12.6 Å². The Balaban J connectivity index is 3.24.